The van der Waals surface area contributed by atoms with Gasteiger partial charge in [0.2, 0.25) is 0 Å². The molecule has 108 valence electrons. The van der Waals surface area contributed by atoms with Crippen LogP contribution in [0.2, 0.25) is 0 Å². The van der Waals surface area contributed by atoms with Crippen molar-refractivity contribution in [3.8, 4) is 0 Å². The van der Waals surface area contributed by atoms with E-state index in [0.29, 0.717) is 0 Å². The third-order valence-corrected chi connectivity index (χ3v) is 4.47. The van der Waals surface area contributed by atoms with Gasteiger partial charge in [-0.1, -0.05) is 6.07 Å². The van der Waals surface area contributed by atoms with E-state index >= 15 is 0 Å². The van der Waals surface area contributed by atoms with Gasteiger partial charge in [-0.25, -0.2) is 23.1 Å². The van der Waals surface area contributed by atoms with E-state index in [-0.39, 0.29) is 11.6 Å². The summed E-state index contributed by atoms with van der Waals surface area (Å²) >= 11 is 0. The van der Waals surface area contributed by atoms with Crippen LogP contribution in [0.15, 0.2) is 47.9 Å². The zero-order chi connectivity index (χ0) is 14.9. The summed E-state index contributed by atoms with van der Waals surface area (Å²) in [7, 11) is -3.62. The first kappa shape index (κ1) is 13.7. The maximum Gasteiger partial charge on any atom is 0.258 e. The molecule has 0 spiro atoms. The molecule has 0 unspecified atom stereocenters. The Morgan fingerprint density at radius 1 is 1.24 bits per heavy atom. The van der Waals surface area contributed by atoms with E-state index in [4.69, 9.17) is 0 Å². The van der Waals surface area contributed by atoms with Crippen LogP contribution in [0.3, 0.4) is 0 Å². The molecular weight excluding hydrogens is 288 g/mol. The molecule has 0 atom stereocenters. The molecule has 0 aliphatic heterocycles. The Balaban J connectivity index is 1.82. The van der Waals surface area contributed by atoms with E-state index < -0.39 is 10.0 Å². The molecule has 0 bridgehead atoms. The number of hydrogen-bond donors (Lipinski definition) is 2. The summed E-state index contributed by atoms with van der Waals surface area (Å²) in [6.07, 6.45) is 4.97. The van der Waals surface area contributed by atoms with Gasteiger partial charge in [0.05, 0.1) is 0 Å². The van der Waals surface area contributed by atoms with Crippen molar-refractivity contribution in [1.82, 2.24) is 19.7 Å². The average Bonchev–Trinajstić information content (AvgIpc) is 2.89. The quantitative estimate of drug-likeness (QED) is 0.768. The summed E-state index contributed by atoms with van der Waals surface area (Å²) in [6.45, 7) is 2.04. The van der Waals surface area contributed by atoms with Crippen LogP contribution in [0.4, 0.5) is 0 Å². The molecule has 21 heavy (non-hydrogen) atoms. The molecule has 0 aromatic carbocycles. The fourth-order valence-electron chi connectivity index (χ4n) is 2.02. The van der Waals surface area contributed by atoms with Crippen LogP contribution in [0, 0.1) is 6.92 Å². The van der Waals surface area contributed by atoms with E-state index in [1.165, 1.54) is 12.3 Å². The number of rotatable bonds is 4. The summed E-state index contributed by atoms with van der Waals surface area (Å²) in [5.74, 6) is 0. The van der Waals surface area contributed by atoms with Crippen LogP contribution in [-0.4, -0.2) is 23.4 Å². The summed E-state index contributed by atoms with van der Waals surface area (Å²) in [4.78, 5) is 11.1. The number of aromatic amines is 1. The monoisotopic (exact) mass is 302 g/mol. The van der Waals surface area contributed by atoms with E-state index in [2.05, 4.69) is 19.7 Å². The van der Waals surface area contributed by atoms with Crippen molar-refractivity contribution >= 4 is 21.1 Å². The molecule has 0 fully saturated rings. The van der Waals surface area contributed by atoms with Crippen molar-refractivity contribution in [2.75, 3.05) is 0 Å². The van der Waals surface area contributed by atoms with Crippen LogP contribution >= 0.6 is 0 Å². The second-order valence-electron chi connectivity index (χ2n) is 4.71. The van der Waals surface area contributed by atoms with Gasteiger partial charge in [0.1, 0.15) is 5.65 Å². The molecule has 3 aromatic heterocycles. The minimum atomic E-state index is -3.62. The first-order valence-electron chi connectivity index (χ1n) is 6.39. The van der Waals surface area contributed by atoms with E-state index in [9.17, 15) is 8.42 Å². The van der Waals surface area contributed by atoms with Gasteiger partial charge in [0.15, 0.2) is 5.03 Å². The number of sulfonamides is 1. The Kier molecular flexibility index (Phi) is 3.44. The number of hydrogen-bond acceptors (Lipinski definition) is 4. The Morgan fingerprint density at radius 2 is 2.10 bits per heavy atom. The fourth-order valence-corrected chi connectivity index (χ4v) is 2.95. The molecule has 3 aromatic rings. The Morgan fingerprint density at radius 3 is 2.86 bits per heavy atom. The van der Waals surface area contributed by atoms with Crippen LogP contribution in [0.25, 0.3) is 11.0 Å². The van der Waals surface area contributed by atoms with Gasteiger partial charge in [-0.3, -0.25) is 0 Å². The number of fused-ring (bicyclic) bond motifs is 1. The first-order valence-corrected chi connectivity index (χ1v) is 7.88. The third kappa shape index (κ3) is 2.79. The smallest absolute Gasteiger partial charge is 0.258 e. The van der Waals surface area contributed by atoms with Crippen molar-refractivity contribution in [3.05, 3.63) is 54.0 Å². The van der Waals surface area contributed by atoms with Crippen molar-refractivity contribution in [2.24, 2.45) is 0 Å². The summed E-state index contributed by atoms with van der Waals surface area (Å²) in [6, 6.07) is 6.92. The largest absolute Gasteiger partial charge is 0.346 e. The topological polar surface area (TPSA) is 87.7 Å². The first-order chi connectivity index (χ1) is 10.1. The molecular formula is C14H14N4O2S. The van der Waals surface area contributed by atoms with Crippen LogP contribution in [-0.2, 0) is 16.6 Å². The van der Waals surface area contributed by atoms with E-state index in [1.807, 2.05) is 19.1 Å². The van der Waals surface area contributed by atoms with Crippen molar-refractivity contribution in [3.63, 3.8) is 0 Å². The maximum absolute atomic E-state index is 12.2. The predicted octanol–water partition coefficient (Wildman–Crippen LogP) is 1.74. The molecule has 3 heterocycles. The Bertz CT molecular complexity index is 869. The van der Waals surface area contributed by atoms with Crippen LogP contribution in [0.5, 0.6) is 0 Å². The number of nitrogens with zero attached hydrogens (tertiary/aromatic N) is 2. The van der Waals surface area contributed by atoms with Crippen LogP contribution in [0.1, 0.15) is 11.1 Å². The van der Waals surface area contributed by atoms with Gasteiger partial charge in [0, 0.05) is 30.5 Å². The van der Waals surface area contributed by atoms with Gasteiger partial charge < -0.3 is 4.98 Å². The van der Waals surface area contributed by atoms with Gasteiger partial charge in [-0.2, -0.15) is 0 Å². The highest BCUT2D eigenvalue weighted by molar-refractivity contribution is 7.89. The second kappa shape index (κ2) is 5.27. The molecule has 7 heteroatoms. The molecule has 0 aliphatic carbocycles. The van der Waals surface area contributed by atoms with Gasteiger partial charge in [-0.05, 0) is 36.2 Å². The standard InChI is InChI=1S/C14H14N4O2S/c1-10-4-5-13(16-7-10)21(19,20)18-9-11-8-17-14-12(11)3-2-6-15-14/h2-8,18H,9H2,1H3,(H,15,17). The lowest BCUT2D eigenvalue weighted by atomic mass is 10.2. The molecule has 6 nitrogen and oxygen atoms in total. The lowest BCUT2D eigenvalue weighted by Gasteiger charge is -2.05. The van der Waals surface area contributed by atoms with Crippen molar-refractivity contribution in [1.29, 1.82) is 0 Å². The zero-order valence-electron chi connectivity index (χ0n) is 11.4. The molecule has 2 N–H and O–H groups in total. The van der Waals surface area contributed by atoms with Crippen molar-refractivity contribution < 1.29 is 8.42 Å². The minimum absolute atomic E-state index is 0.0195. The molecule has 0 radical (unpaired) electrons. The van der Waals surface area contributed by atoms with Gasteiger partial charge in [-0.15, -0.1) is 0 Å². The number of H-pyrrole nitrogens is 1. The van der Waals surface area contributed by atoms with E-state index in [0.717, 1.165) is 22.2 Å². The predicted molar refractivity (Wildman–Crippen MR) is 79.1 cm³/mol. The molecule has 0 saturated heterocycles. The summed E-state index contributed by atoms with van der Waals surface area (Å²) in [5, 5.41) is 0.920. The zero-order valence-corrected chi connectivity index (χ0v) is 12.2. The highest BCUT2D eigenvalue weighted by Gasteiger charge is 2.16. The number of nitrogens with one attached hydrogen (secondary N) is 2. The average molecular weight is 302 g/mol. The number of pyridine rings is 2. The van der Waals surface area contributed by atoms with Crippen molar-refractivity contribution in [2.45, 2.75) is 18.5 Å². The Labute approximate surface area is 122 Å². The minimum Gasteiger partial charge on any atom is -0.346 e. The fraction of sp³-hybridized carbons (Fsp3) is 0.143. The van der Waals surface area contributed by atoms with Gasteiger partial charge in [0.25, 0.3) is 10.0 Å². The second-order valence-corrected chi connectivity index (χ2v) is 6.43. The lowest BCUT2D eigenvalue weighted by molar-refractivity contribution is 0.577. The molecule has 0 saturated carbocycles. The number of aromatic nitrogens is 3. The lowest BCUT2D eigenvalue weighted by Crippen LogP contribution is -2.24. The summed E-state index contributed by atoms with van der Waals surface area (Å²) < 4.78 is 26.9. The normalized spacial score (nSPS) is 11.9. The molecule has 3 rings (SSSR count). The van der Waals surface area contributed by atoms with Crippen LogP contribution < -0.4 is 4.72 Å². The highest BCUT2D eigenvalue weighted by atomic mass is 32.2. The highest BCUT2D eigenvalue weighted by Crippen LogP contribution is 2.16. The molecule has 0 amide bonds. The SMILES string of the molecule is Cc1ccc(S(=O)(=O)NCc2c[nH]c3ncccc23)nc1. The summed E-state index contributed by atoms with van der Waals surface area (Å²) in [5.41, 5.74) is 2.49. The Hall–Kier alpha value is -2.25. The third-order valence-electron chi connectivity index (χ3n) is 3.15. The molecule has 0 aliphatic rings. The maximum atomic E-state index is 12.2. The van der Waals surface area contributed by atoms with Gasteiger partial charge >= 0.3 is 0 Å². The van der Waals surface area contributed by atoms with E-state index in [1.54, 1.807) is 18.5 Å². The number of aryl methyl sites for hydroxylation is 1.